The zero-order chi connectivity index (χ0) is 19.9. The zero-order valence-corrected chi connectivity index (χ0v) is 16.2. The van der Waals surface area contributed by atoms with E-state index >= 15 is 0 Å². The topological polar surface area (TPSA) is 85.4 Å². The van der Waals surface area contributed by atoms with Crippen molar-refractivity contribution < 1.29 is 14.3 Å². The Balaban J connectivity index is 1.75. The lowest BCUT2D eigenvalue weighted by Gasteiger charge is -2.14. The fraction of sp³-hybridized carbons (Fsp3) is 0.150. The number of anilines is 2. The summed E-state index contributed by atoms with van der Waals surface area (Å²) in [7, 11) is 3.08. The van der Waals surface area contributed by atoms with Gasteiger partial charge in [-0.25, -0.2) is 0 Å². The lowest BCUT2D eigenvalue weighted by atomic mass is 10.2. The van der Waals surface area contributed by atoms with Crippen LogP contribution in [0, 0.1) is 0 Å². The van der Waals surface area contributed by atoms with E-state index in [1.165, 1.54) is 13.3 Å². The van der Waals surface area contributed by atoms with Crippen molar-refractivity contribution >= 4 is 28.9 Å². The van der Waals surface area contributed by atoms with Crippen molar-refractivity contribution in [2.24, 2.45) is 0 Å². The highest BCUT2D eigenvalue weighted by Crippen LogP contribution is 2.37. The SMILES string of the molecule is COc1cc(Nc2cncc(C(=O)NCc3ccccn3)c2)c(OC)cc1Cl. The Bertz CT molecular complexity index is 967. The van der Waals surface area contributed by atoms with Gasteiger partial charge in [0.25, 0.3) is 5.91 Å². The molecule has 1 amide bonds. The smallest absolute Gasteiger partial charge is 0.253 e. The predicted molar refractivity (Wildman–Crippen MR) is 107 cm³/mol. The Labute approximate surface area is 167 Å². The first kappa shape index (κ1) is 19.4. The highest BCUT2D eigenvalue weighted by molar-refractivity contribution is 6.32. The quantitative estimate of drug-likeness (QED) is 0.629. The van der Waals surface area contributed by atoms with E-state index in [1.54, 1.807) is 37.7 Å². The summed E-state index contributed by atoms with van der Waals surface area (Å²) < 4.78 is 10.6. The highest BCUT2D eigenvalue weighted by atomic mass is 35.5. The van der Waals surface area contributed by atoms with Crippen LogP contribution in [0.3, 0.4) is 0 Å². The molecule has 1 aromatic carbocycles. The van der Waals surface area contributed by atoms with Gasteiger partial charge < -0.3 is 20.1 Å². The van der Waals surface area contributed by atoms with Crippen LogP contribution < -0.4 is 20.1 Å². The number of pyridine rings is 2. The van der Waals surface area contributed by atoms with Crippen LogP contribution in [0.1, 0.15) is 16.1 Å². The molecule has 0 bridgehead atoms. The molecule has 0 radical (unpaired) electrons. The number of methoxy groups -OCH3 is 2. The standard InChI is InChI=1S/C20H19ClN4O3/c1-27-18-9-17(19(28-2)8-16(18)21)25-15-7-13(10-22-11-15)20(26)24-12-14-5-3-4-6-23-14/h3-11,25H,12H2,1-2H3,(H,24,26). The summed E-state index contributed by atoms with van der Waals surface area (Å²) in [4.78, 5) is 20.7. The summed E-state index contributed by atoms with van der Waals surface area (Å²) in [5.41, 5.74) is 2.45. The van der Waals surface area contributed by atoms with E-state index in [4.69, 9.17) is 21.1 Å². The molecule has 0 fully saturated rings. The van der Waals surface area contributed by atoms with Crippen molar-refractivity contribution in [2.75, 3.05) is 19.5 Å². The van der Waals surface area contributed by atoms with E-state index in [0.717, 1.165) is 5.69 Å². The average molecular weight is 399 g/mol. The first-order valence-corrected chi connectivity index (χ1v) is 8.80. The van der Waals surface area contributed by atoms with Gasteiger partial charge in [-0.3, -0.25) is 14.8 Å². The molecule has 8 heteroatoms. The van der Waals surface area contributed by atoms with E-state index < -0.39 is 0 Å². The number of halogens is 1. The van der Waals surface area contributed by atoms with Crippen LogP contribution in [-0.2, 0) is 6.54 Å². The molecule has 0 aliphatic heterocycles. The van der Waals surface area contributed by atoms with Crippen molar-refractivity contribution in [3.8, 4) is 11.5 Å². The summed E-state index contributed by atoms with van der Waals surface area (Å²) in [5, 5.41) is 6.44. The number of nitrogens with one attached hydrogen (secondary N) is 2. The molecule has 0 saturated carbocycles. The van der Waals surface area contributed by atoms with Gasteiger partial charge in [-0.15, -0.1) is 0 Å². The van der Waals surface area contributed by atoms with E-state index in [-0.39, 0.29) is 5.91 Å². The van der Waals surface area contributed by atoms with Gasteiger partial charge in [-0.2, -0.15) is 0 Å². The van der Waals surface area contributed by atoms with Gasteiger partial charge in [0.2, 0.25) is 0 Å². The third-order valence-corrected chi connectivity index (χ3v) is 4.20. The van der Waals surface area contributed by atoms with Gasteiger partial charge >= 0.3 is 0 Å². The zero-order valence-electron chi connectivity index (χ0n) is 15.4. The van der Waals surface area contributed by atoms with E-state index in [9.17, 15) is 4.79 Å². The van der Waals surface area contributed by atoms with Gasteiger partial charge in [0.15, 0.2) is 0 Å². The van der Waals surface area contributed by atoms with Crippen LogP contribution in [0.4, 0.5) is 11.4 Å². The number of rotatable bonds is 7. The Morgan fingerprint density at radius 2 is 1.93 bits per heavy atom. The number of nitrogens with zero attached hydrogens (tertiary/aromatic N) is 2. The monoisotopic (exact) mass is 398 g/mol. The fourth-order valence-corrected chi connectivity index (χ4v) is 2.75. The molecule has 0 unspecified atom stereocenters. The van der Waals surface area contributed by atoms with E-state index in [0.29, 0.717) is 40.0 Å². The van der Waals surface area contributed by atoms with Gasteiger partial charge in [0, 0.05) is 24.5 Å². The predicted octanol–water partition coefficient (Wildman–Crippen LogP) is 3.82. The molecule has 0 aliphatic rings. The molecule has 3 rings (SSSR count). The summed E-state index contributed by atoms with van der Waals surface area (Å²) in [5.74, 6) is 0.792. The first-order valence-electron chi connectivity index (χ1n) is 8.42. The van der Waals surface area contributed by atoms with Crippen LogP contribution in [-0.4, -0.2) is 30.1 Å². The number of hydrogen-bond acceptors (Lipinski definition) is 6. The minimum Gasteiger partial charge on any atom is -0.495 e. The van der Waals surface area contributed by atoms with Crippen molar-refractivity contribution in [2.45, 2.75) is 6.54 Å². The third-order valence-electron chi connectivity index (χ3n) is 3.91. The minimum absolute atomic E-state index is 0.248. The highest BCUT2D eigenvalue weighted by Gasteiger charge is 2.12. The summed E-state index contributed by atoms with van der Waals surface area (Å²) >= 11 is 6.13. The third kappa shape index (κ3) is 4.69. The lowest BCUT2D eigenvalue weighted by molar-refractivity contribution is 0.0950. The largest absolute Gasteiger partial charge is 0.495 e. The first-order chi connectivity index (χ1) is 13.6. The second-order valence-electron chi connectivity index (χ2n) is 5.78. The van der Waals surface area contributed by atoms with Gasteiger partial charge in [-0.05, 0) is 18.2 Å². The molecule has 0 saturated heterocycles. The summed E-state index contributed by atoms with van der Waals surface area (Å²) in [6.45, 7) is 0.333. The van der Waals surface area contributed by atoms with Crippen molar-refractivity contribution in [1.82, 2.24) is 15.3 Å². The summed E-state index contributed by atoms with van der Waals surface area (Å²) in [6, 6.07) is 10.6. The van der Waals surface area contributed by atoms with Crippen molar-refractivity contribution in [1.29, 1.82) is 0 Å². The van der Waals surface area contributed by atoms with Crippen molar-refractivity contribution in [3.63, 3.8) is 0 Å². The number of carbonyl (C=O) groups excluding carboxylic acids is 1. The number of carbonyl (C=O) groups is 1. The van der Waals surface area contributed by atoms with E-state index in [1.807, 2.05) is 18.2 Å². The molecular weight excluding hydrogens is 380 g/mol. The maximum absolute atomic E-state index is 12.4. The van der Waals surface area contributed by atoms with Gasteiger partial charge in [0.05, 0.1) is 54.6 Å². The molecule has 7 nitrogen and oxygen atoms in total. The Morgan fingerprint density at radius 3 is 2.64 bits per heavy atom. The van der Waals surface area contributed by atoms with Gasteiger partial charge in [-0.1, -0.05) is 17.7 Å². The summed E-state index contributed by atoms with van der Waals surface area (Å²) in [6.07, 6.45) is 4.79. The second-order valence-corrected chi connectivity index (χ2v) is 6.19. The fourth-order valence-electron chi connectivity index (χ4n) is 2.52. The second kappa shape index (κ2) is 9.05. The minimum atomic E-state index is -0.248. The molecule has 2 heterocycles. The lowest BCUT2D eigenvalue weighted by Crippen LogP contribution is -2.23. The van der Waals surface area contributed by atoms with Crippen LogP contribution >= 0.6 is 11.6 Å². The maximum Gasteiger partial charge on any atom is 0.253 e. The van der Waals surface area contributed by atoms with Crippen LogP contribution in [0.15, 0.2) is 55.0 Å². The normalized spacial score (nSPS) is 10.2. The Hall–Kier alpha value is -3.32. The molecule has 0 atom stereocenters. The average Bonchev–Trinajstić information content (AvgIpc) is 2.73. The molecule has 28 heavy (non-hydrogen) atoms. The number of amides is 1. The van der Waals surface area contributed by atoms with Crippen molar-refractivity contribution in [3.05, 3.63) is 71.3 Å². The van der Waals surface area contributed by atoms with Crippen LogP contribution in [0.2, 0.25) is 5.02 Å². The molecule has 3 aromatic rings. The molecule has 0 aliphatic carbocycles. The van der Waals surface area contributed by atoms with Gasteiger partial charge in [0.1, 0.15) is 11.5 Å². The Morgan fingerprint density at radius 1 is 1.11 bits per heavy atom. The van der Waals surface area contributed by atoms with Crippen LogP contribution in [0.5, 0.6) is 11.5 Å². The molecule has 0 spiro atoms. The molecule has 2 aromatic heterocycles. The molecular formula is C20H19ClN4O3. The van der Waals surface area contributed by atoms with E-state index in [2.05, 4.69) is 20.6 Å². The molecule has 2 N–H and O–H groups in total. The number of benzene rings is 1. The number of aromatic nitrogens is 2. The number of ether oxygens (including phenoxy) is 2. The number of hydrogen-bond donors (Lipinski definition) is 2. The maximum atomic E-state index is 12.4. The Kier molecular flexibility index (Phi) is 6.29. The van der Waals surface area contributed by atoms with Crippen LogP contribution in [0.25, 0.3) is 0 Å². The molecule has 144 valence electrons.